The molecule has 7 heteroatoms. The van der Waals surface area contributed by atoms with Crippen LogP contribution in [0.2, 0.25) is 0 Å². The lowest BCUT2D eigenvalue weighted by Crippen LogP contribution is -2.09. The van der Waals surface area contributed by atoms with Gasteiger partial charge in [-0.1, -0.05) is 12.1 Å². The molecule has 0 radical (unpaired) electrons. The van der Waals surface area contributed by atoms with Gasteiger partial charge in [0.25, 0.3) is 0 Å². The maximum Gasteiger partial charge on any atom is 0.346 e. The van der Waals surface area contributed by atoms with Crippen molar-refractivity contribution >= 4 is 5.82 Å². The summed E-state index contributed by atoms with van der Waals surface area (Å²) in [7, 11) is 1.58. The van der Waals surface area contributed by atoms with E-state index in [0.29, 0.717) is 0 Å². The summed E-state index contributed by atoms with van der Waals surface area (Å²) >= 11 is 0. The summed E-state index contributed by atoms with van der Waals surface area (Å²) in [5.41, 5.74) is 0.223. The number of nitrogens with one attached hydrogen (secondary N) is 1. The van der Waals surface area contributed by atoms with Gasteiger partial charge in [0.1, 0.15) is 5.75 Å². The molecule has 98 valence electrons. The molecule has 6 nitrogen and oxygen atoms in total. The number of hydrogen-bond acceptors (Lipinski definition) is 5. The largest absolute Gasteiger partial charge is 0.497 e. The van der Waals surface area contributed by atoms with Crippen molar-refractivity contribution in [3.05, 3.63) is 52.3 Å². The minimum absolute atomic E-state index is 0.228. The van der Waals surface area contributed by atoms with Gasteiger partial charge in [-0.05, 0) is 17.7 Å². The van der Waals surface area contributed by atoms with Gasteiger partial charge in [-0.25, -0.2) is 9.18 Å². The molecule has 1 aromatic heterocycles. The smallest absolute Gasteiger partial charge is 0.346 e. The summed E-state index contributed by atoms with van der Waals surface area (Å²) in [5, 5.41) is 7.44. The van der Waals surface area contributed by atoms with Gasteiger partial charge in [0, 0.05) is 0 Å². The third-order valence-corrected chi connectivity index (χ3v) is 2.33. The van der Waals surface area contributed by atoms with Crippen molar-refractivity contribution in [2.75, 3.05) is 7.11 Å². The van der Waals surface area contributed by atoms with Crippen LogP contribution in [0.5, 0.6) is 5.75 Å². The number of halogens is 1. The van der Waals surface area contributed by atoms with E-state index in [1.807, 2.05) is 12.1 Å². The lowest BCUT2D eigenvalue weighted by atomic mass is 10.2. The summed E-state index contributed by atoms with van der Waals surface area (Å²) < 4.78 is 18.2. The lowest BCUT2D eigenvalue weighted by molar-refractivity contribution is 0.414. The fourth-order valence-electron chi connectivity index (χ4n) is 1.36. The number of aromatic nitrogens is 2. The van der Waals surface area contributed by atoms with Crippen molar-refractivity contribution in [1.82, 2.24) is 9.97 Å². The minimum atomic E-state index is -0.724. The predicted octanol–water partition coefficient (Wildman–Crippen LogP) is 2.20. The number of ether oxygens (including phenoxy) is 1. The van der Waals surface area contributed by atoms with Crippen molar-refractivity contribution in [3.63, 3.8) is 0 Å². The Labute approximate surface area is 108 Å². The highest BCUT2D eigenvalue weighted by atomic mass is 19.1. The number of rotatable bonds is 4. The molecule has 1 heterocycles. The quantitative estimate of drug-likeness (QED) is 0.858. The highest BCUT2D eigenvalue weighted by Gasteiger charge is 2.01. The molecule has 0 aliphatic carbocycles. The molecular weight excluding hydrogens is 251 g/mol. The van der Waals surface area contributed by atoms with Crippen LogP contribution in [0, 0.1) is 5.82 Å². The summed E-state index contributed by atoms with van der Waals surface area (Å²) in [5.74, 6) is -0.211. The topological polar surface area (TPSA) is 79.7 Å². The van der Waals surface area contributed by atoms with E-state index in [9.17, 15) is 9.18 Å². The minimum Gasteiger partial charge on any atom is -0.497 e. The van der Waals surface area contributed by atoms with Crippen molar-refractivity contribution in [2.45, 2.75) is 6.54 Å². The van der Waals surface area contributed by atoms with Crippen molar-refractivity contribution in [3.8, 4) is 5.75 Å². The van der Waals surface area contributed by atoms with Gasteiger partial charge in [0.15, 0.2) is 11.6 Å². The fourth-order valence-corrected chi connectivity index (χ4v) is 1.36. The molecule has 2 aromatic rings. The first-order valence-electron chi connectivity index (χ1n) is 5.44. The average Bonchev–Trinajstić information content (AvgIpc) is 2.43. The van der Waals surface area contributed by atoms with Gasteiger partial charge >= 0.3 is 5.69 Å². The van der Waals surface area contributed by atoms with E-state index in [2.05, 4.69) is 20.2 Å². The highest BCUT2D eigenvalue weighted by molar-refractivity contribution is 5.27. The monoisotopic (exact) mass is 262 g/mol. The third-order valence-electron chi connectivity index (χ3n) is 2.33. The first-order chi connectivity index (χ1) is 9.19. The predicted molar refractivity (Wildman–Crippen MR) is 66.0 cm³/mol. The van der Waals surface area contributed by atoms with Crippen molar-refractivity contribution in [2.24, 2.45) is 10.2 Å². The zero-order valence-corrected chi connectivity index (χ0v) is 10.1. The van der Waals surface area contributed by atoms with Crippen LogP contribution in [-0.2, 0) is 6.54 Å². The van der Waals surface area contributed by atoms with Crippen LogP contribution in [0.4, 0.5) is 10.2 Å². The summed E-state index contributed by atoms with van der Waals surface area (Å²) in [6.07, 6.45) is 0.806. The molecule has 0 saturated heterocycles. The molecule has 0 fully saturated rings. The van der Waals surface area contributed by atoms with Gasteiger partial charge in [-0.3, -0.25) is 4.98 Å². The van der Waals surface area contributed by atoms with Gasteiger partial charge in [-0.15, -0.1) is 5.11 Å². The molecule has 0 unspecified atom stereocenters. The van der Waals surface area contributed by atoms with Crippen LogP contribution in [0.15, 0.2) is 45.5 Å². The molecule has 0 saturated carbocycles. The summed E-state index contributed by atoms with van der Waals surface area (Å²) in [6, 6.07) is 7.23. The average molecular weight is 262 g/mol. The molecule has 2 rings (SSSR count). The normalized spacial score (nSPS) is 10.8. The molecule has 0 aliphatic heterocycles. The number of nitrogens with zero attached hydrogens (tertiary/aromatic N) is 3. The van der Waals surface area contributed by atoms with Crippen LogP contribution in [0.25, 0.3) is 0 Å². The first kappa shape index (κ1) is 12.9. The van der Waals surface area contributed by atoms with E-state index in [4.69, 9.17) is 4.74 Å². The fraction of sp³-hybridized carbons (Fsp3) is 0.167. The SMILES string of the molecule is COc1ccc(CN=Nc2[nH]c(=O)ncc2F)cc1. The van der Waals surface area contributed by atoms with Gasteiger partial charge in [0.2, 0.25) is 0 Å². The van der Waals surface area contributed by atoms with Gasteiger partial charge in [0.05, 0.1) is 19.9 Å². The van der Waals surface area contributed by atoms with Crippen molar-refractivity contribution in [1.29, 1.82) is 0 Å². The summed E-state index contributed by atoms with van der Waals surface area (Å²) in [4.78, 5) is 16.3. The second-order valence-corrected chi connectivity index (χ2v) is 3.63. The van der Waals surface area contributed by atoms with E-state index < -0.39 is 11.5 Å². The molecule has 0 atom stereocenters. The Morgan fingerprint density at radius 1 is 1.37 bits per heavy atom. The first-order valence-corrected chi connectivity index (χ1v) is 5.44. The third kappa shape index (κ3) is 3.44. The number of azo groups is 1. The van der Waals surface area contributed by atoms with E-state index in [1.54, 1.807) is 19.2 Å². The van der Waals surface area contributed by atoms with Crippen LogP contribution in [0.1, 0.15) is 5.56 Å². The van der Waals surface area contributed by atoms with Crippen molar-refractivity contribution < 1.29 is 9.13 Å². The number of H-pyrrole nitrogens is 1. The van der Waals surface area contributed by atoms with E-state index >= 15 is 0 Å². The second kappa shape index (κ2) is 5.85. The Bertz CT molecular complexity index is 637. The van der Waals surface area contributed by atoms with E-state index in [1.165, 1.54) is 0 Å². The van der Waals surface area contributed by atoms with Crippen LogP contribution in [0.3, 0.4) is 0 Å². The lowest BCUT2D eigenvalue weighted by Gasteiger charge is -2.00. The molecule has 0 amide bonds. The highest BCUT2D eigenvalue weighted by Crippen LogP contribution is 2.14. The van der Waals surface area contributed by atoms with Crippen LogP contribution in [-0.4, -0.2) is 17.1 Å². The number of benzene rings is 1. The molecule has 1 N–H and O–H groups in total. The van der Waals surface area contributed by atoms with E-state index in [0.717, 1.165) is 17.5 Å². The Kier molecular flexibility index (Phi) is 3.97. The molecule has 0 bridgehead atoms. The molecule has 0 aliphatic rings. The standard InChI is InChI=1S/C12H11FN4O2/c1-19-9-4-2-8(3-5-9)6-15-17-11-10(13)7-14-12(18)16-11/h2-5,7H,6H2,1H3,(H,14,16,18). The molecule has 19 heavy (non-hydrogen) atoms. The second-order valence-electron chi connectivity index (χ2n) is 3.63. The Balaban J connectivity index is 2.06. The molecule has 0 spiro atoms. The number of aromatic amines is 1. The Morgan fingerprint density at radius 3 is 2.79 bits per heavy atom. The molecule has 1 aromatic carbocycles. The maximum absolute atomic E-state index is 13.2. The zero-order chi connectivity index (χ0) is 13.7. The Morgan fingerprint density at radius 2 is 2.11 bits per heavy atom. The van der Waals surface area contributed by atoms with Gasteiger partial charge < -0.3 is 4.74 Å². The number of methoxy groups -OCH3 is 1. The molecular formula is C12H11FN4O2. The van der Waals surface area contributed by atoms with Crippen LogP contribution >= 0.6 is 0 Å². The summed E-state index contributed by atoms with van der Waals surface area (Å²) in [6.45, 7) is 0.272. The zero-order valence-electron chi connectivity index (χ0n) is 10.1. The van der Waals surface area contributed by atoms with Crippen LogP contribution < -0.4 is 10.4 Å². The Hall–Kier alpha value is -2.57. The maximum atomic E-state index is 13.2. The van der Waals surface area contributed by atoms with E-state index in [-0.39, 0.29) is 12.4 Å². The van der Waals surface area contributed by atoms with Gasteiger partial charge in [-0.2, -0.15) is 10.1 Å². The number of hydrogen-bond donors (Lipinski definition) is 1.